The fourth-order valence-corrected chi connectivity index (χ4v) is 1.61. The number of anilines is 1. The Kier molecular flexibility index (Phi) is 1.69. The summed E-state index contributed by atoms with van der Waals surface area (Å²) in [5, 5.41) is 0. The van der Waals surface area contributed by atoms with Crippen molar-refractivity contribution >= 4 is 17.0 Å². The molecule has 0 fully saturated rings. The van der Waals surface area contributed by atoms with Crippen molar-refractivity contribution in [2.24, 2.45) is 0 Å². The second kappa shape index (κ2) is 3.03. The molecule has 3 heterocycles. The van der Waals surface area contributed by atoms with Crippen molar-refractivity contribution in [1.29, 1.82) is 0 Å². The van der Waals surface area contributed by atoms with E-state index < -0.39 is 0 Å². The highest BCUT2D eigenvalue weighted by molar-refractivity contribution is 5.81. The van der Waals surface area contributed by atoms with E-state index in [-0.39, 0.29) is 6.23 Å². The van der Waals surface area contributed by atoms with Crippen LogP contribution >= 0.6 is 0 Å². The van der Waals surface area contributed by atoms with Crippen molar-refractivity contribution in [1.82, 2.24) is 19.5 Å². The molecule has 2 aromatic rings. The fraction of sp³-hybridized carbons (Fsp3) is 0.222. The molecular weight excluding hydrogens is 194 g/mol. The molecule has 76 valence electrons. The molecular formula is C9H9N5O. The van der Waals surface area contributed by atoms with Crippen LogP contribution in [-0.4, -0.2) is 26.1 Å². The quantitative estimate of drug-likeness (QED) is 0.682. The number of nitrogens with zero attached hydrogens (tertiary/aromatic N) is 4. The largest absolute Gasteiger partial charge is 0.382 e. The van der Waals surface area contributed by atoms with Crippen LogP contribution in [-0.2, 0) is 4.74 Å². The molecule has 1 aliphatic heterocycles. The molecule has 0 aliphatic carbocycles. The SMILES string of the molecule is Nc1ncnc2c1ncn2C1C=CCO1. The summed E-state index contributed by atoms with van der Waals surface area (Å²) in [5.41, 5.74) is 6.99. The van der Waals surface area contributed by atoms with Gasteiger partial charge in [-0.05, 0) is 6.08 Å². The zero-order valence-corrected chi connectivity index (χ0v) is 7.87. The second-order valence-corrected chi connectivity index (χ2v) is 3.24. The van der Waals surface area contributed by atoms with Gasteiger partial charge in [-0.25, -0.2) is 15.0 Å². The van der Waals surface area contributed by atoms with E-state index >= 15 is 0 Å². The first-order valence-electron chi connectivity index (χ1n) is 4.57. The molecule has 2 aromatic heterocycles. The summed E-state index contributed by atoms with van der Waals surface area (Å²) in [6.45, 7) is 0.616. The lowest BCUT2D eigenvalue weighted by atomic mass is 10.4. The zero-order valence-electron chi connectivity index (χ0n) is 7.87. The van der Waals surface area contributed by atoms with Gasteiger partial charge in [-0.2, -0.15) is 0 Å². The topological polar surface area (TPSA) is 78.9 Å². The normalized spacial score (nSPS) is 20.1. The van der Waals surface area contributed by atoms with Gasteiger partial charge in [0, 0.05) is 0 Å². The van der Waals surface area contributed by atoms with Crippen LogP contribution in [0.3, 0.4) is 0 Å². The van der Waals surface area contributed by atoms with Crippen molar-refractivity contribution in [3.8, 4) is 0 Å². The summed E-state index contributed by atoms with van der Waals surface area (Å²) in [4.78, 5) is 12.2. The molecule has 0 saturated carbocycles. The molecule has 3 rings (SSSR count). The first kappa shape index (κ1) is 8.37. The van der Waals surface area contributed by atoms with E-state index in [0.29, 0.717) is 23.6 Å². The molecule has 0 radical (unpaired) electrons. The van der Waals surface area contributed by atoms with Crippen LogP contribution < -0.4 is 5.73 Å². The summed E-state index contributed by atoms with van der Waals surface area (Å²) in [6.07, 6.45) is 6.87. The van der Waals surface area contributed by atoms with E-state index in [4.69, 9.17) is 10.5 Å². The summed E-state index contributed by atoms with van der Waals surface area (Å²) in [6, 6.07) is 0. The van der Waals surface area contributed by atoms with Gasteiger partial charge in [-0.15, -0.1) is 0 Å². The van der Waals surface area contributed by atoms with E-state index in [1.807, 2.05) is 16.7 Å². The summed E-state index contributed by atoms with van der Waals surface area (Å²) in [5.74, 6) is 0.390. The molecule has 1 aliphatic rings. The monoisotopic (exact) mass is 203 g/mol. The Bertz CT molecular complexity index is 532. The molecule has 2 N–H and O–H groups in total. The Morgan fingerprint density at radius 2 is 2.33 bits per heavy atom. The number of aromatic nitrogens is 4. The summed E-state index contributed by atoms with van der Waals surface area (Å²) in [7, 11) is 0. The first-order valence-corrected chi connectivity index (χ1v) is 4.57. The van der Waals surface area contributed by atoms with E-state index in [1.54, 1.807) is 6.33 Å². The average molecular weight is 203 g/mol. The third kappa shape index (κ3) is 1.18. The Labute approximate surface area is 85.4 Å². The van der Waals surface area contributed by atoms with Crippen molar-refractivity contribution in [3.05, 3.63) is 24.8 Å². The van der Waals surface area contributed by atoms with Crippen LogP contribution in [0.5, 0.6) is 0 Å². The van der Waals surface area contributed by atoms with Crippen LogP contribution in [0.1, 0.15) is 6.23 Å². The average Bonchev–Trinajstić information content (AvgIpc) is 2.85. The van der Waals surface area contributed by atoms with Gasteiger partial charge in [0.2, 0.25) is 0 Å². The van der Waals surface area contributed by atoms with E-state index in [9.17, 15) is 0 Å². The van der Waals surface area contributed by atoms with Gasteiger partial charge in [0.05, 0.1) is 12.9 Å². The lowest BCUT2D eigenvalue weighted by Crippen LogP contribution is -2.06. The number of hydrogen-bond donors (Lipinski definition) is 1. The van der Waals surface area contributed by atoms with Gasteiger partial charge >= 0.3 is 0 Å². The van der Waals surface area contributed by atoms with Gasteiger partial charge in [0.25, 0.3) is 0 Å². The zero-order chi connectivity index (χ0) is 10.3. The maximum absolute atomic E-state index is 5.68. The van der Waals surface area contributed by atoms with Gasteiger partial charge in [0.1, 0.15) is 11.8 Å². The number of hydrogen-bond acceptors (Lipinski definition) is 5. The standard InChI is InChI=1S/C9H9N5O/c10-8-7-9(12-4-11-8)14(5-13-7)6-2-1-3-15-6/h1-2,4-6H,3H2,(H2,10,11,12). The molecule has 0 aromatic carbocycles. The third-order valence-corrected chi connectivity index (χ3v) is 2.33. The Hall–Kier alpha value is -1.95. The molecule has 1 atom stereocenters. The van der Waals surface area contributed by atoms with Crippen LogP contribution in [0.15, 0.2) is 24.8 Å². The van der Waals surface area contributed by atoms with E-state index in [1.165, 1.54) is 6.33 Å². The summed E-state index contributed by atoms with van der Waals surface area (Å²) >= 11 is 0. The molecule has 0 spiro atoms. The van der Waals surface area contributed by atoms with Gasteiger partial charge in [-0.3, -0.25) is 4.57 Å². The lowest BCUT2D eigenvalue weighted by molar-refractivity contribution is 0.0787. The van der Waals surface area contributed by atoms with Gasteiger partial charge in [-0.1, -0.05) is 6.08 Å². The predicted molar refractivity (Wildman–Crippen MR) is 53.9 cm³/mol. The predicted octanol–water partition coefficient (Wildman–Crippen LogP) is 0.493. The number of rotatable bonds is 1. The maximum atomic E-state index is 5.68. The molecule has 1 unspecified atom stereocenters. The lowest BCUT2D eigenvalue weighted by Gasteiger charge is -2.09. The Morgan fingerprint density at radius 3 is 3.13 bits per heavy atom. The molecule has 6 heteroatoms. The highest BCUT2D eigenvalue weighted by Crippen LogP contribution is 2.22. The number of imidazole rings is 1. The van der Waals surface area contributed by atoms with Crippen molar-refractivity contribution in [3.63, 3.8) is 0 Å². The second-order valence-electron chi connectivity index (χ2n) is 3.24. The summed E-state index contributed by atoms with van der Waals surface area (Å²) < 4.78 is 7.29. The van der Waals surface area contributed by atoms with E-state index in [2.05, 4.69) is 15.0 Å². The first-order chi connectivity index (χ1) is 7.36. The number of fused-ring (bicyclic) bond motifs is 1. The molecule has 6 nitrogen and oxygen atoms in total. The minimum atomic E-state index is -0.135. The van der Waals surface area contributed by atoms with Crippen LogP contribution in [0.4, 0.5) is 5.82 Å². The van der Waals surface area contributed by atoms with E-state index in [0.717, 1.165) is 0 Å². The van der Waals surface area contributed by atoms with Crippen molar-refractivity contribution < 1.29 is 4.74 Å². The molecule has 0 bridgehead atoms. The molecule has 15 heavy (non-hydrogen) atoms. The number of nitrogens with two attached hydrogens (primary N) is 1. The molecule has 0 saturated heterocycles. The third-order valence-electron chi connectivity index (χ3n) is 2.33. The van der Waals surface area contributed by atoms with Crippen LogP contribution in [0.2, 0.25) is 0 Å². The molecule has 0 amide bonds. The van der Waals surface area contributed by atoms with Gasteiger partial charge in [0.15, 0.2) is 17.7 Å². The Balaban J connectivity index is 2.19. The number of ether oxygens (including phenoxy) is 1. The highest BCUT2D eigenvalue weighted by Gasteiger charge is 2.16. The highest BCUT2D eigenvalue weighted by atomic mass is 16.5. The van der Waals surface area contributed by atoms with Crippen LogP contribution in [0.25, 0.3) is 11.2 Å². The minimum Gasteiger partial charge on any atom is -0.382 e. The van der Waals surface area contributed by atoms with Crippen molar-refractivity contribution in [2.45, 2.75) is 6.23 Å². The minimum absolute atomic E-state index is 0.135. The maximum Gasteiger partial charge on any atom is 0.167 e. The number of nitrogen functional groups attached to an aromatic ring is 1. The van der Waals surface area contributed by atoms with Gasteiger partial charge < -0.3 is 10.5 Å². The van der Waals surface area contributed by atoms with Crippen molar-refractivity contribution in [2.75, 3.05) is 12.3 Å². The Morgan fingerprint density at radius 1 is 1.40 bits per heavy atom. The smallest absolute Gasteiger partial charge is 0.167 e. The fourth-order valence-electron chi connectivity index (χ4n) is 1.61. The van der Waals surface area contributed by atoms with Crippen LogP contribution in [0, 0.1) is 0 Å².